The highest BCUT2D eigenvalue weighted by Crippen LogP contribution is 2.51. The van der Waals surface area contributed by atoms with Crippen LogP contribution in [0.5, 0.6) is 0 Å². The van der Waals surface area contributed by atoms with Crippen molar-refractivity contribution in [2.45, 2.75) is 19.3 Å². The van der Waals surface area contributed by atoms with Crippen molar-refractivity contribution in [3.05, 3.63) is 223 Å². The summed E-state index contributed by atoms with van der Waals surface area (Å²) in [7, 11) is 0. The van der Waals surface area contributed by atoms with Gasteiger partial charge in [0.15, 0.2) is 5.82 Å². The van der Waals surface area contributed by atoms with E-state index >= 15 is 0 Å². The molecule has 0 saturated heterocycles. The van der Waals surface area contributed by atoms with Crippen LogP contribution >= 0.6 is 0 Å². The number of furan rings is 1. The molecule has 1 aliphatic rings. The number of aromatic nitrogens is 2. The van der Waals surface area contributed by atoms with Gasteiger partial charge in [0.2, 0.25) is 0 Å². The number of benzene rings is 9. The smallest absolute Gasteiger partial charge is 0.161 e. The molecule has 12 rings (SSSR count). The second kappa shape index (κ2) is 14.5. The fraction of sp³-hybridized carbons (Fsp3) is 0.0508. The summed E-state index contributed by atoms with van der Waals surface area (Å²) in [5.74, 6) is 0.657. The van der Waals surface area contributed by atoms with Gasteiger partial charge in [-0.25, -0.2) is 9.97 Å². The molecule has 9 aromatic carbocycles. The minimum Gasteiger partial charge on any atom is -0.456 e. The van der Waals surface area contributed by atoms with Crippen LogP contribution in [0.2, 0.25) is 0 Å². The lowest BCUT2D eigenvalue weighted by atomic mass is 9.82. The van der Waals surface area contributed by atoms with E-state index in [4.69, 9.17) is 14.4 Å². The molecule has 0 atom stereocenters. The first-order valence-corrected chi connectivity index (χ1v) is 21.6. The first kappa shape index (κ1) is 36.7. The molecular formula is C59H41N3O. The van der Waals surface area contributed by atoms with Gasteiger partial charge in [-0.05, 0) is 98.8 Å². The Hall–Kier alpha value is -8.08. The van der Waals surface area contributed by atoms with E-state index in [2.05, 4.69) is 213 Å². The molecule has 0 bridgehead atoms. The molecule has 1 aliphatic carbocycles. The van der Waals surface area contributed by atoms with E-state index in [1.54, 1.807) is 0 Å². The van der Waals surface area contributed by atoms with Crippen molar-refractivity contribution < 1.29 is 4.42 Å². The minimum absolute atomic E-state index is 0.117. The molecule has 0 N–H and O–H groups in total. The Morgan fingerprint density at radius 3 is 1.70 bits per heavy atom. The van der Waals surface area contributed by atoms with Crippen LogP contribution in [0.4, 0.5) is 17.1 Å². The summed E-state index contributed by atoms with van der Waals surface area (Å²) in [6.07, 6.45) is 0. The molecular weight excluding hydrogens is 767 g/mol. The first-order valence-electron chi connectivity index (χ1n) is 21.6. The van der Waals surface area contributed by atoms with E-state index < -0.39 is 0 Å². The molecule has 0 unspecified atom stereocenters. The standard InChI is InChI=1S/C59H41N3O/c1-59(2)50-30-15-14-27-45(50)46-33-32-43(35-51(46)59)62(41-23-10-5-11-24-41)42-25-16-22-40(34-42)49-36-55-56(47-28-13-12-26-44(47)49)57-48(29-17-31-54(57)63-55)58-60-52(38-18-6-3-7-19-38)37-53(61-58)39-20-8-4-9-21-39/h3-37H,1-2H3. The van der Waals surface area contributed by atoms with Crippen LogP contribution in [0, 0.1) is 0 Å². The molecule has 0 radical (unpaired) electrons. The van der Waals surface area contributed by atoms with Crippen molar-refractivity contribution in [3.63, 3.8) is 0 Å². The summed E-state index contributed by atoms with van der Waals surface area (Å²) in [6, 6.07) is 75.3. The van der Waals surface area contributed by atoms with Gasteiger partial charge in [0.1, 0.15) is 11.2 Å². The zero-order chi connectivity index (χ0) is 42.1. The highest BCUT2D eigenvalue weighted by molar-refractivity contribution is 6.25. The van der Waals surface area contributed by atoms with Crippen molar-refractivity contribution >= 4 is 49.8 Å². The van der Waals surface area contributed by atoms with Crippen molar-refractivity contribution in [2.24, 2.45) is 0 Å². The van der Waals surface area contributed by atoms with E-state index in [-0.39, 0.29) is 5.41 Å². The van der Waals surface area contributed by atoms with E-state index in [0.29, 0.717) is 5.82 Å². The van der Waals surface area contributed by atoms with Crippen LogP contribution in [0.25, 0.3) is 88.9 Å². The van der Waals surface area contributed by atoms with E-state index in [9.17, 15) is 0 Å². The van der Waals surface area contributed by atoms with Crippen molar-refractivity contribution in [1.82, 2.24) is 9.97 Å². The lowest BCUT2D eigenvalue weighted by molar-refractivity contribution is 0.660. The summed E-state index contributed by atoms with van der Waals surface area (Å²) in [5.41, 5.74) is 17.1. The van der Waals surface area contributed by atoms with Crippen LogP contribution in [0.3, 0.4) is 0 Å². The molecule has 63 heavy (non-hydrogen) atoms. The summed E-state index contributed by atoms with van der Waals surface area (Å²) >= 11 is 0. The zero-order valence-corrected chi connectivity index (χ0v) is 35.0. The van der Waals surface area contributed by atoms with Gasteiger partial charge in [0, 0.05) is 49.9 Å². The van der Waals surface area contributed by atoms with E-state index in [1.807, 2.05) is 18.2 Å². The molecule has 11 aromatic rings. The second-order valence-corrected chi connectivity index (χ2v) is 16.9. The number of hydrogen-bond donors (Lipinski definition) is 0. The monoisotopic (exact) mass is 807 g/mol. The number of hydrogen-bond acceptors (Lipinski definition) is 4. The predicted octanol–water partition coefficient (Wildman–Crippen LogP) is 16.0. The van der Waals surface area contributed by atoms with Gasteiger partial charge in [0.05, 0.1) is 11.4 Å². The highest BCUT2D eigenvalue weighted by atomic mass is 16.3. The molecule has 0 amide bonds. The SMILES string of the molecule is CC1(C)c2ccccc2-c2ccc(N(c3ccccc3)c3cccc(-c4cc5oc6cccc(-c7nc(-c8ccccc8)cc(-c8ccccc8)n7)c6c5c5ccccc45)c3)cc21. The third-order valence-electron chi connectivity index (χ3n) is 12.9. The van der Waals surface area contributed by atoms with Crippen molar-refractivity contribution in [1.29, 1.82) is 0 Å². The van der Waals surface area contributed by atoms with E-state index in [0.717, 1.165) is 89.0 Å². The van der Waals surface area contributed by atoms with Gasteiger partial charge in [0.25, 0.3) is 0 Å². The summed E-state index contributed by atoms with van der Waals surface area (Å²) < 4.78 is 6.85. The Bertz CT molecular complexity index is 3480. The first-order chi connectivity index (χ1) is 31.0. The molecule has 4 nitrogen and oxygen atoms in total. The number of para-hydroxylation sites is 1. The molecule has 298 valence electrons. The van der Waals surface area contributed by atoms with Gasteiger partial charge in [-0.3, -0.25) is 0 Å². The van der Waals surface area contributed by atoms with Crippen LogP contribution < -0.4 is 4.90 Å². The third-order valence-corrected chi connectivity index (χ3v) is 12.9. The lowest BCUT2D eigenvalue weighted by Crippen LogP contribution is -2.16. The van der Waals surface area contributed by atoms with Crippen LogP contribution in [-0.2, 0) is 5.41 Å². The van der Waals surface area contributed by atoms with Gasteiger partial charge in [-0.15, -0.1) is 0 Å². The molecule has 4 heteroatoms. The average molecular weight is 808 g/mol. The maximum atomic E-state index is 6.85. The zero-order valence-electron chi connectivity index (χ0n) is 35.0. The van der Waals surface area contributed by atoms with Crippen LogP contribution in [0.1, 0.15) is 25.0 Å². The van der Waals surface area contributed by atoms with Gasteiger partial charge in [-0.2, -0.15) is 0 Å². The topological polar surface area (TPSA) is 42.2 Å². The summed E-state index contributed by atoms with van der Waals surface area (Å²) in [5, 5.41) is 4.32. The van der Waals surface area contributed by atoms with E-state index in [1.165, 1.54) is 22.3 Å². The average Bonchev–Trinajstić information content (AvgIpc) is 3.84. The highest BCUT2D eigenvalue weighted by Gasteiger charge is 2.35. The fourth-order valence-electron chi connectivity index (χ4n) is 9.86. The van der Waals surface area contributed by atoms with Gasteiger partial charge < -0.3 is 9.32 Å². The Morgan fingerprint density at radius 2 is 0.952 bits per heavy atom. The number of nitrogens with zero attached hydrogens (tertiary/aromatic N) is 3. The van der Waals surface area contributed by atoms with Gasteiger partial charge in [-0.1, -0.05) is 172 Å². The maximum absolute atomic E-state index is 6.85. The Kier molecular flexibility index (Phi) is 8.48. The van der Waals surface area contributed by atoms with Crippen LogP contribution in [0.15, 0.2) is 217 Å². The quantitative estimate of drug-likeness (QED) is 0.161. The Morgan fingerprint density at radius 1 is 0.381 bits per heavy atom. The maximum Gasteiger partial charge on any atom is 0.161 e. The molecule has 0 aliphatic heterocycles. The van der Waals surface area contributed by atoms with Crippen molar-refractivity contribution in [3.8, 4) is 56.2 Å². The summed E-state index contributed by atoms with van der Waals surface area (Å²) in [6.45, 7) is 4.68. The predicted molar refractivity (Wildman–Crippen MR) is 261 cm³/mol. The molecule has 2 aromatic heterocycles. The fourth-order valence-corrected chi connectivity index (χ4v) is 9.86. The molecule has 2 heterocycles. The minimum atomic E-state index is -0.117. The van der Waals surface area contributed by atoms with Gasteiger partial charge >= 0.3 is 0 Å². The largest absolute Gasteiger partial charge is 0.456 e. The number of fused-ring (bicyclic) bond motifs is 8. The Balaban J connectivity index is 1.02. The molecule has 0 fully saturated rings. The van der Waals surface area contributed by atoms with Crippen LogP contribution in [-0.4, -0.2) is 9.97 Å². The lowest BCUT2D eigenvalue weighted by Gasteiger charge is -2.28. The van der Waals surface area contributed by atoms with Crippen molar-refractivity contribution in [2.75, 3.05) is 4.90 Å². The Labute approximate surface area is 366 Å². The molecule has 0 spiro atoms. The molecule has 0 saturated carbocycles. The summed E-state index contributed by atoms with van der Waals surface area (Å²) in [4.78, 5) is 12.9. The second-order valence-electron chi connectivity index (χ2n) is 16.9. The third kappa shape index (κ3) is 6.06. The number of rotatable bonds is 7. The number of anilines is 3. The normalized spacial score (nSPS) is 12.7.